The van der Waals surface area contributed by atoms with Crippen molar-refractivity contribution in [2.45, 2.75) is 67.9 Å². The number of aliphatic hydroxyl groups excluding tert-OH is 4. The van der Waals surface area contributed by atoms with Crippen molar-refractivity contribution in [2.75, 3.05) is 38.7 Å². The number of rotatable bonds is 16. The molecule has 180 valence electrons. The van der Waals surface area contributed by atoms with Crippen LogP contribution in [0.2, 0.25) is 0 Å². The molecule has 2 aliphatic rings. The predicted octanol–water partition coefficient (Wildman–Crippen LogP) is -1.72. The number of hydrogen-bond donors (Lipinski definition) is 7. The monoisotopic (exact) mass is 465 g/mol. The number of aliphatic hydroxyl groups is 4. The summed E-state index contributed by atoms with van der Waals surface area (Å²) in [4.78, 5) is 23.3. The number of nitrogens with one attached hydrogen (secondary N) is 3. The molecule has 3 unspecified atom stereocenters. The highest BCUT2D eigenvalue weighted by molar-refractivity contribution is 8.00. The second-order valence-electron chi connectivity index (χ2n) is 7.73. The molecule has 7 N–H and O–H groups in total. The SMILES string of the molecule is O=C(CCCCC1SC[C@@H]2NC(=O)N[C@H]12)NCCCOC(OCC(O)CO)[C@@H](O)CO. The van der Waals surface area contributed by atoms with Gasteiger partial charge in [0.1, 0.15) is 12.2 Å². The molecule has 11 nitrogen and oxygen atoms in total. The van der Waals surface area contributed by atoms with E-state index < -0.39 is 31.7 Å². The number of urea groups is 1. The fourth-order valence-electron chi connectivity index (χ4n) is 3.48. The van der Waals surface area contributed by atoms with Crippen LogP contribution in [-0.2, 0) is 14.3 Å². The van der Waals surface area contributed by atoms with Crippen LogP contribution in [0.25, 0.3) is 0 Å². The highest BCUT2D eigenvalue weighted by atomic mass is 32.2. The lowest BCUT2D eigenvalue weighted by Gasteiger charge is -2.23. The van der Waals surface area contributed by atoms with E-state index in [1.807, 2.05) is 11.8 Å². The van der Waals surface area contributed by atoms with E-state index in [0.29, 0.717) is 24.6 Å². The molecule has 0 spiro atoms. The van der Waals surface area contributed by atoms with Crippen LogP contribution in [0, 0.1) is 0 Å². The van der Waals surface area contributed by atoms with Crippen LogP contribution < -0.4 is 16.0 Å². The zero-order valence-electron chi connectivity index (χ0n) is 17.6. The molecule has 2 rings (SSSR count). The first-order valence-electron chi connectivity index (χ1n) is 10.7. The van der Waals surface area contributed by atoms with Gasteiger partial charge in [-0.05, 0) is 19.3 Å². The van der Waals surface area contributed by atoms with Crippen LogP contribution in [0.4, 0.5) is 4.79 Å². The van der Waals surface area contributed by atoms with E-state index in [1.165, 1.54) is 0 Å². The summed E-state index contributed by atoms with van der Waals surface area (Å²) in [5.74, 6) is 0.891. The van der Waals surface area contributed by atoms with Gasteiger partial charge in [0.2, 0.25) is 5.91 Å². The summed E-state index contributed by atoms with van der Waals surface area (Å²) in [5, 5.41) is 45.9. The number of hydrogen-bond acceptors (Lipinski definition) is 9. The van der Waals surface area contributed by atoms with Crippen LogP contribution in [0.5, 0.6) is 0 Å². The highest BCUT2D eigenvalue weighted by Crippen LogP contribution is 2.33. The van der Waals surface area contributed by atoms with E-state index in [4.69, 9.17) is 19.7 Å². The van der Waals surface area contributed by atoms with Gasteiger partial charge in [0.15, 0.2) is 6.29 Å². The van der Waals surface area contributed by atoms with Crippen molar-refractivity contribution in [2.24, 2.45) is 0 Å². The average molecular weight is 466 g/mol. The maximum atomic E-state index is 12.0. The first-order valence-corrected chi connectivity index (χ1v) is 11.8. The summed E-state index contributed by atoms with van der Waals surface area (Å²) in [5.41, 5.74) is 0. The van der Waals surface area contributed by atoms with Crippen LogP contribution in [-0.4, -0.2) is 107 Å². The minimum atomic E-state index is -1.28. The normalized spacial score (nSPS) is 25.4. The van der Waals surface area contributed by atoms with Crippen molar-refractivity contribution in [3.8, 4) is 0 Å². The molecular formula is C19H35N3O8S. The minimum Gasteiger partial charge on any atom is -0.394 e. The Hall–Kier alpha value is -1.15. The fourth-order valence-corrected chi connectivity index (χ4v) is 5.02. The van der Waals surface area contributed by atoms with Gasteiger partial charge in [-0.2, -0.15) is 11.8 Å². The van der Waals surface area contributed by atoms with Crippen LogP contribution in [0.3, 0.4) is 0 Å². The number of amides is 3. The number of fused-ring (bicyclic) bond motifs is 1. The van der Waals surface area contributed by atoms with Gasteiger partial charge in [-0.3, -0.25) is 4.79 Å². The molecule has 2 aliphatic heterocycles. The van der Waals surface area contributed by atoms with E-state index in [0.717, 1.165) is 25.0 Å². The molecule has 3 amide bonds. The number of thioether (sulfide) groups is 1. The number of carbonyl (C=O) groups is 2. The summed E-state index contributed by atoms with van der Waals surface area (Å²) in [6.45, 7) is -0.709. The van der Waals surface area contributed by atoms with Crippen LogP contribution >= 0.6 is 11.8 Å². The first-order chi connectivity index (χ1) is 14.9. The third-order valence-electron chi connectivity index (χ3n) is 5.17. The van der Waals surface area contributed by atoms with Gasteiger partial charge in [0.05, 0.1) is 38.5 Å². The van der Waals surface area contributed by atoms with Crippen molar-refractivity contribution in [3.05, 3.63) is 0 Å². The van der Waals surface area contributed by atoms with Crippen LogP contribution in [0.1, 0.15) is 32.1 Å². The van der Waals surface area contributed by atoms with Crippen molar-refractivity contribution in [1.82, 2.24) is 16.0 Å². The molecule has 0 aromatic heterocycles. The highest BCUT2D eigenvalue weighted by Gasteiger charge is 2.42. The molecule has 2 fully saturated rings. The summed E-state index contributed by atoms with van der Waals surface area (Å²) in [6, 6.07) is 0.321. The van der Waals surface area contributed by atoms with Crippen molar-refractivity contribution >= 4 is 23.7 Å². The Labute approximate surface area is 186 Å². The van der Waals surface area contributed by atoms with Gasteiger partial charge in [0.25, 0.3) is 0 Å². The van der Waals surface area contributed by atoms with E-state index >= 15 is 0 Å². The molecule has 0 saturated carbocycles. The van der Waals surface area contributed by atoms with Crippen molar-refractivity contribution in [3.63, 3.8) is 0 Å². The standard InChI is InChI=1S/C19H35N3O8S/c23-8-12(25)10-30-18(14(26)9-24)29-7-3-6-20-16(27)5-2-1-4-15-17-13(11-31-15)21-19(28)22-17/h12-15,17-18,23-26H,1-11H2,(H,20,27)(H2,21,22,28)/t12?,13-,14-,15?,17-,18?/m0/s1. The number of unbranched alkanes of at least 4 members (excludes halogenated alkanes) is 1. The van der Waals surface area contributed by atoms with Gasteiger partial charge in [-0.15, -0.1) is 0 Å². The molecule has 31 heavy (non-hydrogen) atoms. The maximum absolute atomic E-state index is 12.0. The topological polar surface area (TPSA) is 170 Å². The largest absolute Gasteiger partial charge is 0.394 e. The predicted molar refractivity (Wildman–Crippen MR) is 113 cm³/mol. The molecule has 0 aliphatic carbocycles. The zero-order valence-corrected chi connectivity index (χ0v) is 18.4. The van der Waals surface area contributed by atoms with Crippen molar-refractivity contribution in [1.29, 1.82) is 0 Å². The van der Waals surface area contributed by atoms with E-state index in [-0.39, 0.29) is 37.2 Å². The van der Waals surface area contributed by atoms with Gasteiger partial charge in [0, 0.05) is 24.0 Å². The Morgan fingerprint density at radius 3 is 2.71 bits per heavy atom. The van der Waals surface area contributed by atoms with E-state index in [1.54, 1.807) is 0 Å². The third kappa shape index (κ3) is 9.08. The molecule has 12 heteroatoms. The van der Waals surface area contributed by atoms with Gasteiger partial charge < -0.3 is 45.9 Å². The van der Waals surface area contributed by atoms with Gasteiger partial charge in [-0.25, -0.2) is 4.79 Å². The van der Waals surface area contributed by atoms with Crippen LogP contribution in [0.15, 0.2) is 0 Å². The van der Waals surface area contributed by atoms with Gasteiger partial charge >= 0.3 is 6.03 Å². The Balaban J connectivity index is 1.50. The molecule has 0 aromatic rings. The summed E-state index contributed by atoms with van der Waals surface area (Å²) in [7, 11) is 0. The van der Waals surface area contributed by atoms with E-state index in [2.05, 4.69) is 16.0 Å². The Morgan fingerprint density at radius 2 is 1.97 bits per heavy atom. The first kappa shape index (κ1) is 26.1. The van der Waals surface area contributed by atoms with E-state index in [9.17, 15) is 19.8 Å². The van der Waals surface area contributed by atoms with Gasteiger partial charge in [-0.1, -0.05) is 6.42 Å². The summed E-state index contributed by atoms with van der Waals surface area (Å²) < 4.78 is 10.5. The average Bonchev–Trinajstić information content (AvgIpc) is 3.31. The number of ether oxygens (including phenoxy) is 2. The molecule has 2 saturated heterocycles. The number of carbonyl (C=O) groups excluding carboxylic acids is 2. The zero-order chi connectivity index (χ0) is 22.6. The molecular weight excluding hydrogens is 430 g/mol. The summed E-state index contributed by atoms with van der Waals surface area (Å²) in [6.07, 6.45) is 0.0883. The quantitative estimate of drug-likeness (QED) is 0.0796. The molecule has 2 heterocycles. The molecule has 0 bridgehead atoms. The smallest absolute Gasteiger partial charge is 0.315 e. The Morgan fingerprint density at radius 1 is 1.16 bits per heavy atom. The third-order valence-corrected chi connectivity index (χ3v) is 6.68. The Kier molecular flexibility index (Phi) is 11.9. The lowest BCUT2D eigenvalue weighted by Crippen LogP contribution is -2.37. The fraction of sp³-hybridized carbons (Fsp3) is 0.895. The molecule has 6 atom stereocenters. The maximum Gasteiger partial charge on any atom is 0.315 e. The second-order valence-corrected chi connectivity index (χ2v) is 9.00. The Bertz CT molecular complexity index is 558. The molecule has 0 aromatic carbocycles. The minimum absolute atomic E-state index is 0.0398. The molecule has 0 radical (unpaired) electrons. The lowest BCUT2D eigenvalue weighted by atomic mass is 10.0. The second kappa shape index (κ2) is 14.1. The van der Waals surface area contributed by atoms with Crippen molar-refractivity contribution < 1.29 is 39.5 Å². The summed E-state index contributed by atoms with van der Waals surface area (Å²) >= 11 is 1.86. The lowest BCUT2D eigenvalue weighted by molar-refractivity contribution is -0.212.